The molecular weight excluding hydrogens is 536 g/mol. The summed E-state index contributed by atoms with van der Waals surface area (Å²) in [6, 6.07) is 0. The maximum absolute atomic E-state index is 11.9. The Kier molecular flexibility index (Phi) is 13.5. The van der Waals surface area contributed by atoms with Gasteiger partial charge in [-0.25, -0.2) is 0 Å². The zero-order valence-electron chi connectivity index (χ0n) is 28.5. The van der Waals surface area contributed by atoms with E-state index >= 15 is 0 Å². The largest absolute Gasteiger partial charge is 0.465 e. The van der Waals surface area contributed by atoms with Crippen LogP contribution in [0.5, 0.6) is 0 Å². The van der Waals surface area contributed by atoms with Crippen molar-refractivity contribution in [2.24, 2.45) is 46.3 Å². The summed E-state index contributed by atoms with van der Waals surface area (Å²) >= 11 is 0. The minimum Gasteiger partial charge on any atom is -0.465 e. The van der Waals surface area contributed by atoms with Gasteiger partial charge in [0.15, 0.2) is 0 Å². The number of hydrogen-bond donors (Lipinski definition) is 0. The number of esters is 4. The average Bonchev–Trinajstić information content (AvgIpc) is 3.20. The molecule has 4 atom stereocenters. The van der Waals surface area contributed by atoms with Crippen LogP contribution in [-0.4, -0.2) is 49.3 Å². The maximum Gasteiger partial charge on any atom is 0.308 e. The lowest BCUT2D eigenvalue weighted by atomic mass is 9.81. The van der Waals surface area contributed by atoms with E-state index in [2.05, 4.69) is 39.8 Å². The van der Waals surface area contributed by atoms with Crippen molar-refractivity contribution in [3.8, 4) is 0 Å². The summed E-state index contributed by atoms with van der Waals surface area (Å²) in [6.45, 7) is 27.3. The van der Waals surface area contributed by atoms with Crippen molar-refractivity contribution in [2.75, 3.05) is 13.2 Å². The van der Waals surface area contributed by atoms with Crippen LogP contribution in [0, 0.1) is 46.3 Å². The van der Waals surface area contributed by atoms with Gasteiger partial charge >= 0.3 is 23.9 Å². The van der Waals surface area contributed by atoms with E-state index in [9.17, 15) is 19.2 Å². The summed E-state index contributed by atoms with van der Waals surface area (Å²) in [6.07, 6.45) is 3.60. The van der Waals surface area contributed by atoms with Gasteiger partial charge in [-0.1, -0.05) is 95.2 Å². The zero-order chi connectivity index (χ0) is 32.7. The summed E-state index contributed by atoms with van der Waals surface area (Å²) in [5.74, 6) is -1.59. The Morgan fingerprint density at radius 3 is 1.07 bits per heavy atom. The van der Waals surface area contributed by atoms with Gasteiger partial charge in [-0.2, -0.15) is 0 Å². The van der Waals surface area contributed by atoms with Crippen LogP contribution in [0.1, 0.15) is 96.9 Å². The average molecular weight is 593 g/mol. The van der Waals surface area contributed by atoms with Gasteiger partial charge in [-0.05, 0) is 35.8 Å². The Hall–Kier alpha value is -2.64. The standard InChI is InChI=1S/2C17H28O4/c2*1-10(2)15(18)20-9-13-14(21-16(19)11(3)4)12(5)8-17(13,6)7/h2*8,10-11,13-14H,9H2,1-7H3/t2*13-,14-/m10/s1. The minimum atomic E-state index is -0.310. The molecule has 0 fully saturated rings. The summed E-state index contributed by atoms with van der Waals surface area (Å²) in [7, 11) is 0. The second-order valence-electron chi connectivity index (χ2n) is 14.2. The Morgan fingerprint density at radius 1 is 0.571 bits per heavy atom. The predicted octanol–water partition coefficient (Wildman–Crippen LogP) is 6.71. The molecule has 42 heavy (non-hydrogen) atoms. The molecule has 0 N–H and O–H groups in total. The highest BCUT2D eigenvalue weighted by atomic mass is 16.6. The molecule has 0 saturated carbocycles. The van der Waals surface area contributed by atoms with Crippen LogP contribution in [-0.2, 0) is 38.1 Å². The van der Waals surface area contributed by atoms with E-state index in [4.69, 9.17) is 18.9 Å². The van der Waals surface area contributed by atoms with Crippen LogP contribution >= 0.6 is 0 Å². The molecule has 2 aliphatic carbocycles. The van der Waals surface area contributed by atoms with E-state index in [1.807, 2.05) is 69.2 Å². The fourth-order valence-electron chi connectivity index (χ4n) is 5.12. The zero-order valence-corrected chi connectivity index (χ0v) is 28.5. The fraction of sp³-hybridized carbons (Fsp3) is 0.765. The summed E-state index contributed by atoms with van der Waals surface area (Å²) in [5.41, 5.74) is 1.73. The SMILES string of the molecule is CC1=CC(C)(C)[C@@H](COC(=O)C(C)C)[C@H]1OC(=O)C(C)C.CC1=CC(C)(C)[C@H](COC(=O)C(C)C)[C@@H]1OC(=O)C(C)C. The van der Waals surface area contributed by atoms with Crippen LogP contribution in [0.2, 0.25) is 0 Å². The third-order valence-electron chi connectivity index (χ3n) is 7.92. The Morgan fingerprint density at radius 2 is 0.833 bits per heavy atom. The lowest BCUT2D eigenvalue weighted by Crippen LogP contribution is -2.36. The molecule has 0 radical (unpaired) electrons. The molecule has 0 aliphatic heterocycles. The van der Waals surface area contributed by atoms with Crippen molar-refractivity contribution in [3.05, 3.63) is 23.3 Å². The van der Waals surface area contributed by atoms with Crippen LogP contribution in [0.25, 0.3) is 0 Å². The van der Waals surface area contributed by atoms with E-state index in [-0.39, 0.29) is 95.6 Å². The molecule has 0 aromatic heterocycles. The van der Waals surface area contributed by atoms with E-state index in [0.717, 1.165) is 11.1 Å². The molecule has 0 heterocycles. The first-order valence-corrected chi connectivity index (χ1v) is 15.2. The van der Waals surface area contributed by atoms with Crippen LogP contribution in [0.4, 0.5) is 0 Å². The van der Waals surface area contributed by atoms with Gasteiger partial charge in [-0.3, -0.25) is 19.2 Å². The highest BCUT2D eigenvalue weighted by Gasteiger charge is 2.45. The highest BCUT2D eigenvalue weighted by Crippen LogP contribution is 2.44. The van der Waals surface area contributed by atoms with Gasteiger partial charge < -0.3 is 18.9 Å². The van der Waals surface area contributed by atoms with Crippen molar-refractivity contribution in [3.63, 3.8) is 0 Å². The van der Waals surface area contributed by atoms with Gasteiger partial charge in [-0.15, -0.1) is 0 Å². The van der Waals surface area contributed by atoms with Gasteiger partial charge in [0.05, 0.1) is 36.9 Å². The Bertz CT molecular complexity index is 946. The van der Waals surface area contributed by atoms with E-state index in [1.54, 1.807) is 0 Å². The summed E-state index contributed by atoms with van der Waals surface area (Å²) < 4.78 is 22.0. The molecule has 0 bridgehead atoms. The van der Waals surface area contributed by atoms with E-state index in [0.29, 0.717) is 0 Å². The molecule has 0 aromatic carbocycles. The molecule has 8 nitrogen and oxygen atoms in total. The molecular formula is C34H56O8. The van der Waals surface area contributed by atoms with Crippen molar-refractivity contribution < 1.29 is 38.1 Å². The van der Waals surface area contributed by atoms with E-state index in [1.165, 1.54) is 0 Å². The smallest absolute Gasteiger partial charge is 0.308 e. The summed E-state index contributed by atoms with van der Waals surface area (Å²) in [4.78, 5) is 47.1. The number of hydrogen-bond acceptors (Lipinski definition) is 8. The first-order valence-electron chi connectivity index (χ1n) is 15.2. The Labute approximate surface area is 253 Å². The molecule has 2 rings (SSSR count). The molecule has 0 amide bonds. The van der Waals surface area contributed by atoms with Crippen molar-refractivity contribution in [1.29, 1.82) is 0 Å². The second kappa shape index (κ2) is 15.2. The highest BCUT2D eigenvalue weighted by molar-refractivity contribution is 5.73. The fourth-order valence-corrected chi connectivity index (χ4v) is 5.12. The monoisotopic (exact) mass is 592 g/mol. The first-order chi connectivity index (χ1) is 19.1. The molecule has 240 valence electrons. The second-order valence-corrected chi connectivity index (χ2v) is 14.2. The van der Waals surface area contributed by atoms with Crippen LogP contribution in [0.15, 0.2) is 23.3 Å². The number of ether oxygens (including phenoxy) is 4. The van der Waals surface area contributed by atoms with Crippen LogP contribution in [0.3, 0.4) is 0 Å². The molecule has 0 saturated heterocycles. The normalized spacial score (nSPS) is 24.1. The molecule has 0 unspecified atom stereocenters. The molecule has 0 spiro atoms. The van der Waals surface area contributed by atoms with Gasteiger partial charge in [0.1, 0.15) is 12.2 Å². The minimum absolute atomic E-state index is 0.0390. The predicted molar refractivity (Wildman–Crippen MR) is 163 cm³/mol. The topological polar surface area (TPSA) is 105 Å². The molecule has 2 aliphatic rings. The number of allylic oxidation sites excluding steroid dienone is 2. The third kappa shape index (κ3) is 10.3. The third-order valence-corrected chi connectivity index (χ3v) is 7.92. The molecule has 8 heteroatoms. The van der Waals surface area contributed by atoms with Gasteiger partial charge in [0.2, 0.25) is 0 Å². The van der Waals surface area contributed by atoms with Crippen LogP contribution < -0.4 is 0 Å². The lowest BCUT2D eigenvalue weighted by molar-refractivity contribution is -0.160. The number of rotatable bonds is 10. The van der Waals surface area contributed by atoms with E-state index < -0.39 is 0 Å². The first kappa shape index (κ1) is 37.4. The number of carbonyl (C=O) groups excluding carboxylic acids is 4. The van der Waals surface area contributed by atoms with Crippen molar-refractivity contribution in [1.82, 2.24) is 0 Å². The van der Waals surface area contributed by atoms with Crippen molar-refractivity contribution >= 4 is 23.9 Å². The summed E-state index contributed by atoms with van der Waals surface area (Å²) in [5, 5.41) is 0. The lowest BCUT2D eigenvalue weighted by Gasteiger charge is -2.31. The van der Waals surface area contributed by atoms with Crippen molar-refractivity contribution in [2.45, 2.75) is 109 Å². The Balaban J connectivity index is 0.000000420. The molecule has 0 aromatic rings. The quantitative estimate of drug-likeness (QED) is 0.157. The van der Waals surface area contributed by atoms with Gasteiger partial charge in [0, 0.05) is 11.8 Å². The van der Waals surface area contributed by atoms with Gasteiger partial charge in [0.25, 0.3) is 0 Å². The maximum atomic E-state index is 11.9. The number of carbonyl (C=O) groups is 4.